The second kappa shape index (κ2) is 7.26. The molecule has 0 spiro atoms. The Labute approximate surface area is 110 Å². The average Bonchev–Trinajstić information content (AvgIpc) is 2.31. The number of nitrogens with two attached hydrogens (primary N) is 1. The van der Waals surface area contributed by atoms with Crippen LogP contribution in [0, 0.1) is 6.92 Å². The summed E-state index contributed by atoms with van der Waals surface area (Å²) in [6.45, 7) is 3.14. The zero-order chi connectivity index (χ0) is 12.7. The number of anilines is 1. The van der Waals surface area contributed by atoms with Gasteiger partial charge in [-0.05, 0) is 40.5 Å². The van der Waals surface area contributed by atoms with E-state index in [-0.39, 0.29) is 0 Å². The topological polar surface area (TPSA) is 71.7 Å². The average molecular weight is 301 g/mol. The van der Waals surface area contributed by atoms with Gasteiger partial charge in [0.15, 0.2) is 0 Å². The predicted molar refractivity (Wildman–Crippen MR) is 74.0 cm³/mol. The molecule has 6 heteroatoms. The molecule has 1 aromatic rings. The Hall–Kier alpha value is -1.11. The molecule has 1 aromatic carbocycles. The summed E-state index contributed by atoms with van der Waals surface area (Å²) in [5.74, 6) is 5.89. The Bertz CT molecular complexity index is 395. The lowest BCUT2D eigenvalue weighted by molar-refractivity contribution is 0.208. The normalized spacial score (nSPS) is 11.4. The number of hydrazine groups is 1. The van der Waals surface area contributed by atoms with Gasteiger partial charge in [0.2, 0.25) is 5.96 Å². The van der Waals surface area contributed by atoms with Crippen LogP contribution in [0.25, 0.3) is 0 Å². The maximum Gasteiger partial charge on any atom is 0.210 e. The van der Waals surface area contributed by atoms with E-state index >= 15 is 0 Å². The molecule has 1 rings (SSSR count). The van der Waals surface area contributed by atoms with Crippen LogP contribution in [-0.4, -0.2) is 26.2 Å². The molecule has 0 unspecified atom stereocenters. The standard InChI is InChI=1S/C11H17BrN4O/c1-8-3-4-10(9(12)7-8)15-11(16-13)14-5-6-17-2/h3-4,7H,5-6,13H2,1-2H3,(H2,14,15,16). The summed E-state index contributed by atoms with van der Waals surface area (Å²) in [6.07, 6.45) is 0. The summed E-state index contributed by atoms with van der Waals surface area (Å²) in [4.78, 5) is 4.21. The second-order valence-electron chi connectivity index (χ2n) is 3.48. The molecule has 94 valence electrons. The molecule has 0 aliphatic heterocycles. The fourth-order valence-electron chi connectivity index (χ4n) is 1.22. The van der Waals surface area contributed by atoms with Crippen molar-refractivity contribution in [1.82, 2.24) is 5.43 Å². The SMILES string of the molecule is COCCN=C(NN)Nc1ccc(C)cc1Br. The molecule has 0 radical (unpaired) electrons. The first-order chi connectivity index (χ1) is 8.17. The number of aryl methyl sites for hydroxylation is 1. The van der Waals surface area contributed by atoms with Gasteiger partial charge in [0.1, 0.15) is 0 Å². The molecule has 5 nitrogen and oxygen atoms in total. The Morgan fingerprint density at radius 2 is 2.29 bits per heavy atom. The zero-order valence-electron chi connectivity index (χ0n) is 9.96. The number of rotatable bonds is 4. The van der Waals surface area contributed by atoms with Crippen LogP contribution in [0.5, 0.6) is 0 Å². The van der Waals surface area contributed by atoms with Crippen molar-refractivity contribution in [2.45, 2.75) is 6.92 Å². The van der Waals surface area contributed by atoms with Crippen LogP contribution in [0.1, 0.15) is 5.56 Å². The Morgan fingerprint density at radius 1 is 1.53 bits per heavy atom. The van der Waals surface area contributed by atoms with Crippen molar-refractivity contribution in [2.24, 2.45) is 10.8 Å². The number of methoxy groups -OCH3 is 1. The van der Waals surface area contributed by atoms with E-state index in [0.29, 0.717) is 19.1 Å². The number of aliphatic imine (C=N–C) groups is 1. The van der Waals surface area contributed by atoms with Crippen LogP contribution in [0.3, 0.4) is 0 Å². The predicted octanol–water partition coefficient (Wildman–Crippen LogP) is 1.64. The van der Waals surface area contributed by atoms with Crippen LogP contribution in [0.15, 0.2) is 27.7 Å². The number of nitrogens with zero attached hydrogens (tertiary/aromatic N) is 1. The molecule has 0 bridgehead atoms. The van der Waals surface area contributed by atoms with Gasteiger partial charge in [0, 0.05) is 11.6 Å². The van der Waals surface area contributed by atoms with E-state index in [9.17, 15) is 0 Å². The number of halogens is 1. The summed E-state index contributed by atoms with van der Waals surface area (Å²) in [5.41, 5.74) is 4.60. The van der Waals surface area contributed by atoms with Crippen molar-refractivity contribution in [3.05, 3.63) is 28.2 Å². The van der Waals surface area contributed by atoms with Gasteiger partial charge >= 0.3 is 0 Å². The molecular formula is C11H17BrN4O. The van der Waals surface area contributed by atoms with Crippen LogP contribution in [-0.2, 0) is 4.74 Å². The minimum atomic E-state index is 0.506. The third-order valence-corrected chi connectivity index (χ3v) is 2.74. The Balaban J connectivity index is 2.70. The van der Waals surface area contributed by atoms with Crippen molar-refractivity contribution < 1.29 is 4.74 Å². The summed E-state index contributed by atoms with van der Waals surface area (Å²) in [5, 5.41) is 3.09. The molecule has 17 heavy (non-hydrogen) atoms. The van der Waals surface area contributed by atoms with Crippen molar-refractivity contribution in [3.8, 4) is 0 Å². The monoisotopic (exact) mass is 300 g/mol. The highest BCUT2D eigenvalue weighted by Crippen LogP contribution is 2.23. The second-order valence-corrected chi connectivity index (χ2v) is 4.33. The third kappa shape index (κ3) is 4.72. The molecule has 0 heterocycles. The highest BCUT2D eigenvalue weighted by Gasteiger charge is 2.02. The van der Waals surface area contributed by atoms with Crippen LogP contribution in [0.2, 0.25) is 0 Å². The molecule has 0 atom stereocenters. The first-order valence-electron chi connectivity index (χ1n) is 5.20. The number of guanidine groups is 1. The van der Waals surface area contributed by atoms with E-state index in [2.05, 4.69) is 31.7 Å². The molecule has 0 aromatic heterocycles. The maximum atomic E-state index is 5.38. The van der Waals surface area contributed by atoms with Crippen molar-refractivity contribution in [3.63, 3.8) is 0 Å². The number of benzene rings is 1. The van der Waals surface area contributed by atoms with Crippen LogP contribution in [0.4, 0.5) is 5.69 Å². The smallest absolute Gasteiger partial charge is 0.210 e. The van der Waals surface area contributed by atoms with Gasteiger partial charge in [-0.1, -0.05) is 6.07 Å². The number of hydrogen-bond acceptors (Lipinski definition) is 3. The lowest BCUT2D eigenvalue weighted by Crippen LogP contribution is -2.36. The fraction of sp³-hybridized carbons (Fsp3) is 0.364. The van der Waals surface area contributed by atoms with Gasteiger partial charge in [-0.15, -0.1) is 0 Å². The van der Waals surface area contributed by atoms with Crippen LogP contribution < -0.4 is 16.6 Å². The minimum Gasteiger partial charge on any atom is -0.383 e. The number of hydrogen-bond donors (Lipinski definition) is 3. The minimum absolute atomic E-state index is 0.506. The van der Waals surface area contributed by atoms with E-state index in [1.54, 1.807) is 7.11 Å². The summed E-state index contributed by atoms with van der Waals surface area (Å²) >= 11 is 3.48. The van der Waals surface area contributed by atoms with E-state index in [0.717, 1.165) is 10.2 Å². The molecule has 0 aliphatic rings. The van der Waals surface area contributed by atoms with Gasteiger partial charge in [-0.25, -0.2) is 10.8 Å². The van der Waals surface area contributed by atoms with Crippen molar-refractivity contribution in [1.29, 1.82) is 0 Å². The fourth-order valence-corrected chi connectivity index (χ4v) is 1.81. The first kappa shape index (κ1) is 14.0. The van der Waals surface area contributed by atoms with Crippen molar-refractivity contribution >= 4 is 27.6 Å². The van der Waals surface area contributed by atoms with Gasteiger partial charge in [0.05, 0.1) is 18.8 Å². The van der Waals surface area contributed by atoms with Gasteiger partial charge in [-0.3, -0.25) is 5.43 Å². The highest BCUT2D eigenvalue weighted by atomic mass is 79.9. The molecular weight excluding hydrogens is 284 g/mol. The quantitative estimate of drug-likeness (QED) is 0.260. The molecule has 0 aliphatic carbocycles. The lowest BCUT2D eigenvalue weighted by Gasteiger charge is -2.11. The number of nitrogens with one attached hydrogen (secondary N) is 2. The molecule has 0 fully saturated rings. The summed E-state index contributed by atoms with van der Waals surface area (Å²) < 4.78 is 5.88. The summed E-state index contributed by atoms with van der Waals surface area (Å²) in [6, 6.07) is 5.99. The van der Waals surface area contributed by atoms with E-state index in [1.165, 1.54) is 5.56 Å². The molecule has 0 saturated carbocycles. The van der Waals surface area contributed by atoms with E-state index in [4.69, 9.17) is 10.6 Å². The Morgan fingerprint density at radius 3 is 2.88 bits per heavy atom. The Kier molecular flexibility index (Phi) is 5.96. The first-order valence-corrected chi connectivity index (χ1v) is 6.00. The molecule has 4 N–H and O–H groups in total. The molecule has 0 amide bonds. The number of ether oxygens (including phenoxy) is 1. The summed E-state index contributed by atoms with van der Waals surface area (Å²) in [7, 11) is 1.63. The zero-order valence-corrected chi connectivity index (χ0v) is 11.5. The van der Waals surface area contributed by atoms with Gasteiger partial charge in [0.25, 0.3) is 0 Å². The highest BCUT2D eigenvalue weighted by molar-refractivity contribution is 9.10. The van der Waals surface area contributed by atoms with E-state index < -0.39 is 0 Å². The van der Waals surface area contributed by atoms with Gasteiger partial charge < -0.3 is 10.1 Å². The maximum absolute atomic E-state index is 5.38. The van der Waals surface area contributed by atoms with E-state index in [1.807, 2.05) is 25.1 Å². The third-order valence-electron chi connectivity index (χ3n) is 2.08. The lowest BCUT2D eigenvalue weighted by atomic mass is 10.2. The largest absolute Gasteiger partial charge is 0.383 e. The van der Waals surface area contributed by atoms with Crippen LogP contribution >= 0.6 is 15.9 Å². The van der Waals surface area contributed by atoms with Gasteiger partial charge in [-0.2, -0.15) is 0 Å². The molecule has 0 saturated heterocycles. The van der Waals surface area contributed by atoms with Crippen molar-refractivity contribution in [2.75, 3.05) is 25.6 Å².